The summed E-state index contributed by atoms with van der Waals surface area (Å²) in [4.78, 5) is 18.4. The Morgan fingerprint density at radius 3 is 2.89 bits per heavy atom. The Balaban J connectivity index is 1.40. The maximum absolute atomic E-state index is 12.5. The Labute approximate surface area is 170 Å². The van der Waals surface area contributed by atoms with E-state index in [1.165, 1.54) is 17.7 Å². The molecular weight excluding hydrogens is 390 g/mol. The zero-order valence-electron chi connectivity index (χ0n) is 15.4. The van der Waals surface area contributed by atoms with Gasteiger partial charge in [-0.2, -0.15) is 0 Å². The van der Waals surface area contributed by atoms with Gasteiger partial charge in [0.05, 0.1) is 5.69 Å². The van der Waals surface area contributed by atoms with Gasteiger partial charge >= 0.3 is 0 Å². The van der Waals surface area contributed by atoms with Gasteiger partial charge in [-0.1, -0.05) is 23.9 Å². The fourth-order valence-electron chi connectivity index (χ4n) is 3.37. The summed E-state index contributed by atoms with van der Waals surface area (Å²) in [5, 5.41) is 11.9. The number of aromatic nitrogens is 5. The predicted molar refractivity (Wildman–Crippen MR) is 111 cm³/mol. The molecule has 0 aromatic carbocycles. The maximum Gasteiger partial charge on any atom is 0.258 e. The van der Waals surface area contributed by atoms with E-state index in [0.717, 1.165) is 28.8 Å². The van der Waals surface area contributed by atoms with Crippen molar-refractivity contribution in [2.24, 2.45) is 0 Å². The lowest BCUT2D eigenvalue weighted by Crippen LogP contribution is -2.17. The van der Waals surface area contributed by atoms with Gasteiger partial charge in [-0.05, 0) is 43.3 Å². The van der Waals surface area contributed by atoms with Crippen LogP contribution >= 0.6 is 23.1 Å². The molecule has 0 aliphatic heterocycles. The van der Waals surface area contributed by atoms with Crippen LogP contribution in [0.5, 0.6) is 0 Å². The molecule has 0 spiro atoms. The van der Waals surface area contributed by atoms with Gasteiger partial charge in [0.2, 0.25) is 0 Å². The molecule has 1 aliphatic carbocycles. The smallest absolute Gasteiger partial charge is 0.258 e. The number of thioether (sulfide) groups is 1. The Morgan fingerprint density at radius 1 is 1.21 bits per heavy atom. The van der Waals surface area contributed by atoms with E-state index in [1.807, 2.05) is 25.1 Å². The highest BCUT2D eigenvalue weighted by Gasteiger charge is 2.29. The second-order valence-corrected chi connectivity index (χ2v) is 8.97. The first-order valence-electron chi connectivity index (χ1n) is 9.26. The number of hydrogen-bond acceptors (Lipinski definition) is 6. The minimum Gasteiger partial charge on any atom is -0.303 e. The first kappa shape index (κ1) is 17.6. The van der Waals surface area contributed by atoms with Crippen molar-refractivity contribution in [1.82, 2.24) is 24.1 Å². The largest absolute Gasteiger partial charge is 0.303 e. The standard InChI is InChI=1S/C20H19N5OS2/c1-13-4-2-6-17-21-14(10-19(26)24(13)17)12-28-20-23-22-18(25(20)15-7-8-15)11-16-5-3-9-27-16/h2-6,9-10,15H,7-8,11-12H2,1H3. The van der Waals surface area contributed by atoms with Crippen LogP contribution in [-0.2, 0) is 12.2 Å². The van der Waals surface area contributed by atoms with E-state index in [0.29, 0.717) is 17.4 Å². The zero-order valence-corrected chi connectivity index (χ0v) is 17.0. The number of pyridine rings is 1. The van der Waals surface area contributed by atoms with E-state index in [-0.39, 0.29) is 5.56 Å². The van der Waals surface area contributed by atoms with Gasteiger partial charge in [0.25, 0.3) is 5.56 Å². The number of nitrogens with zero attached hydrogens (tertiary/aromatic N) is 5. The molecule has 0 atom stereocenters. The molecule has 1 aliphatic rings. The molecule has 0 amide bonds. The molecule has 5 rings (SSSR count). The summed E-state index contributed by atoms with van der Waals surface area (Å²) < 4.78 is 3.92. The molecule has 4 aromatic rings. The van der Waals surface area contributed by atoms with Crippen molar-refractivity contribution in [3.63, 3.8) is 0 Å². The molecule has 0 saturated heterocycles. The summed E-state index contributed by atoms with van der Waals surface area (Å²) in [6.07, 6.45) is 3.17. The number of aryl methyl sites for hydroxylation is 1. The summed E-state index contributed by atoms with van der Waals surface area (Å²) in [5.41, 5.74) is 2.30. The minimum atomic E-state index is -0.0410. The van der Waals surface area contributed by atoms with Crippen LogP contribution in [0, 0.1) is 6.92 Å². The second kappa shape index (κ2) is 7.18. The molecule has 4 aromatic heterocycles. The lowest BCUT2D eigenvalue weighted by Gasteiger charge is -2.09. The molecule has 142 valence electrons. The van der Waals surface area contributed by atoms with E-state index < -0.39 is 0 Å². The number of thiophene rings is 1. The average Bonchev–Trinajstić information content (AvgIpc) is 3.23. The van der Waals surface area contributed by atoms with E-state index in [4.69, 9.17) is 0 Å². The highest BCUT2D eigenvalue weighted by molar-refractivity contribution is 7.98. The van der Waals surface area contributed by atoms with E-state index >= 15 is 0 Å². The van der Waals surface area contributed by atoms with Crippen LogP contribution in [-0.4, -0.2) is 24.1 Å². The third kappa shape index (κ3) is 3.38. The first-order chi connectivity index (χ1) is 13.7. The topological polar surface area (TPSA) is 65.1 Å². The molecule has 4 heterocycles. The van der Waals surface area contributed by atoms with Crippen LogP contribution in [0.1, 0.15) is 41.0 Å². The summed E-state index contributed by atoms with van der Waals surface area (Å²) in [7, 11) is 0. The third-order valence-electron chi connectivity index (χ3n) is 4.84. The van der Waals surface area contributed by atoms with Crippen molar-refractivity contribution in [1.29, 1.82) is 0 Å². The van der Waals surface area contributed by atoms with Gasteiger partial charge in [0.15, 0.2) is 5.16 Å². The van der Waals surface area contributed by atoms with Crippen molar-refractivity contribution in [3.05, 3.63) is 74.2 Å². The highest BCUT2D eigenvalue weighted by Crippen LogP contribution is 2.39. The van der Waals surface area contributed by atoms with Gasteiger partial charge in [0, 0.05) is 34.9 Å². The van der Waals surface area contributed by atoms with Crippen molar-refractivity contribution in [2.75, 3.05) is 0 Å². The number of hydrogen-bond donors (Lipinski definition) is 0. The fourth-order valence-corrected chi connectivity index (χ4v) is 4.99. The first-order valence-corrected chi connectivity index (χ1v) is 11.1. The van der Waals surface area contributed by atoms with Crippen molar-refractivity contribution < 1.29 is 0 Å². The summed E-state index contributed by atoms with van der Waals surface area (Å²) in [5.74, 6) is 1.62. The van der Waals surface area contributed by atoms with Gasteiger partial charge < -0.3 is 4.57 Å². The molecule has 8 heteroatoms. The summed E-state index contributed by atoms with van der Waals surface area (Å²) >= 11 is 3.35. The van der Waals surface area contributed by atoms with Crippen LogP contribution < -0.4 is 5.56 Å². The predicted octanol–water partition coefficient (Wildman–Crippen LogP) is 3.87. The fraction of sp³-hybridized carbons (Fsp3) is 0.300. The molecule has 28 heavy (non-hydrogen) atoms. The zero-order chi connectivity index (χ0) is 19.1. The lowest BCUT2D eigenvalue weighted by atomic mass is 10.3. The van der Waals surface area contributed by atoms with Crippen LogP contribution in [0.3, 0.4) is 0 Å². The molecule has 6 nitrogen and oxygen atoms in total. The van der Waals surface area contributed by atoms with E-state index in [9.17, 15) is 4.79 Å². The van der Waals surface area contributed by atoms with Crippen LogP contribution in [0.4, 0.5) is 0 Å². The Hall–Kier alpha value is -2.45. The SMILES string of the molecule is Cc1cccc2nc(CSc3nnc(Cc4cccs4)n3C3CC3)cc(=O)n12. The molecule has 1 fully saturated rings. The van der Waals surface area contributed by atoms with Gasteiger partial charge in [-0.25, -0.2) is 4.98 Å². The molecule has 1 saturated carbocycles. The summed E-state index contributed by atoms with van der Waals surface area (Å²) in [6.45, 7) is 1.91. The number of fused-ring (bicyclic) bond motifs is 1. The van der Waals surface area contributed by atoms with Crippen molar-refractivity contribution in [3.8, 4) is 0 Å². The molecule has 0 bridgehead atoms. The monoisotopic (exact) mass is 409 g/mol. The Morgan fingerprint density at radius 2 is 2.11 bits per heavy atom. The second-order valence-electron chi connectivity index (χ2n) is 6.99. The minimum absolute atomic E-state index is 0.0410. The highest BCUT2D eigenvalue weighted by atomic mass is 32.2. The summed E-state index contributed by atoms with van der Waals surface area (Å²) in [6, 6.07) is 12.0. The van der Waals surface area contributed by atoms with Crippen molar-refractivity contribution in [2.45, 2.75) is 43.1 Å². The third-order valence-corrected chi connectivity index (χ3v) is 6.69. The van der Waals surface area contributed by atoms with Crippen LogP contribution in [0.15, 0.2) is 51.7 Å². The average molecular weight is 410 g/mol. The Kier molecular flexibility index (Phi) is 4.52. The van der Waals surface area contributed by atoms with Crippen LogP contribution in [0.25, 0.3) is 5.65 Å². The molecule has 0 N–H and O–H groups in total. The number of rotatable bonds is 6. The Bertz CT molecular complexity index is 1190. The maximum atomic E-state index is 12.5. The molecular formula is C20H19N5OS2. The lowest BCUT2D eigenvalue weighted by molar-refractivity contribution is 0.635. The molecule has 0 unspecified atom stereocenters. The van der Waals surface area contributed by atoms with Crippen LogP contribution in [0.2, 0.25) is 0 Å². The van der Waals surface area contributed by atoms with Gasteiger partial charge in [-0.15, -0.1) is 21.5 Å². The quantitative estimate of drug-likeness (QED) is 0.452. The van der Waals surface area contributed by atoms with E-state index in [2.05, 4.69) is 37.3 Å². The van der Waals surface area contributed by atoms with Crippen molar-refractivity contribution >= 4 is 28.7 Å². The van der Waals surface area contributed by atoms with E-state index in [1.54, 1.807) is 33.6 Å². The van der Waals surface area contributed by atoms with Gasteiger partial charge in [-0.3, -0.25) is 9.20 Å². The normalized spacial score (nSPS) is 14.0. The van der Waals surface area contributed by atoms with Gasteiger partial charge in [0.1, 0.15) is 11.5 Å². The molecule has 0 radical (unpaired) electrons.